The van der Waals surface area contributed by atoms with Gasteiger partial charge in [0, 0.05) is 41.0 Å². The first kappa shape index (κ1) is 17.2. The number of aldehydes is 1. The highest BCUT2D eigenvalue weighted by atomic mass is 16.2. The number of fused-ring (bicyclic) bond motifs is 1. The molecule has 1 unspecified atom stereocenters. The summed E-state index contributed by atoms with van der Waals surface area (Å²) >= 11 is 0. The first-order valence-electron chi connectivity index (χ1n) is 8.62. The number of carbonyl (C=O) groups excluding carboxylic acids is 2. The third-order valence-corrected chi connectivity index (χ3v) is 4.77. The average Bonchev–Trinajstić information content (AvgIpc) is 2.60. The van der Waals surface area contributed by atoms with Crippen LogP contribution < -0.4 is 16.8 Å². The molecular weight excluding hydrogens is 316 g/mol. The van der Waals surface area contributed by atoms with E-state index in [-0.39, 0.29) is 12.1 Å². The summed E-state index contributed by atoms with van der Waals surface area (Å²) in [4.78, 5) is 26.6. The lowest BCUT2D eigenvalue weighted by atomic mass is 9.97. The van der Waals surface area contributed by atoms with Gasteiger partial charge in [0.05, 0.1) is 6.17 Å². The Kier molecular flexibility index (Phi) is 4.90. The van der Waals surface area contributed by atoms with Gasteiger partial charge in [-0.2, -0.15) is 0 Å². The second-order valence-electron chi connectivity index (χ2n) is 6.64. The normalized spacial score (nSPS) is 16.5. The summed E-state index contributed by atoms with van der Waals surface area (Å²) in [6, 6.07) is 6.65. The zero-order valence-electron chi connectivity index (χ0n) is 14.4. The van der Waals surface area contributed by atoms with E-state index in [2.05, 4.69) is 10.2 Å². The van der Waals surface area contributed by atoms with E-state index in [0.29, 0.717) is 33.3 Å². The number of likely N-dealkylation sites (tertiary alicyclic amines) is 1. The molecule has 0 saturated carbocycles. The molecular formula is C19H24N4O2. The molecule has 1 heterocycles. The number of carbonyl (C=O) groups is 2. The number of nitrogen functional groups attached to an aromatic ring is 2. The van der Waals surface area contributed by atoms with E-state index in [1.807, 2.05) is 6.92 Å². The Balaban J connectivity index is 1.96. The van der Waals surface area contributed by atoms with E-state index in [1.54, 1.807) is 24.3 Å². The summed E-state index contributed by atoms with van der Waals surface area (Å²) in [5.41, 5.74) is 13.5. The number of nitrogens with two attached hydrogens (primary N) is 2. The smallest absolute Gasteiger partial charge is 0.253 e. The number of benzene rings is 2. The predicted octanol–water partition coefficient (Wildman–Crippen LogP) is 2.38. The third-order valence-electron chi connectivity index (χ3n) is 4.77. The first-order chi connectivity index (χ1) is 12.0. The Morgan fingerprint density at radius 3 is 2.40 bits per heavy atom. The number of amides is 1. The van der Waals surface area contributed by atoms with Crippen LogP contribution in [0.5, 0.6) is 0 Å². The van der Waals surface area contributed by atoms with E-state index in [1.165, 1.54) is 6.42 Å². The predicted molar refractivity (Wildman–Crippen MR) is 101 cm³/mol. The molecule has 2 aromatic rings. The van der Waals surface area contributed by atoms with Gasteiger partial charge in [0.2, 0.25) is 0 Å². The van der Waals surface area contributed by atoms with Gasteiger partial charge in [-0.25, -0.2) is 0 Å². The number of piperidine rings is 1. The maximum absolute atomic E-state index is 12.9. The van der Waals surface area contributed by atoms with Crippen LogP contribution in [0.2, 0.25) is 0 Å². The molecule has 2 aromatic carbocycles. The second-order valence-corrected chi connectivity index (χ2v) is 6.64. The van der Waals surface area contributed by atoms with Gasteiger partial charge in [0.1, 0.15) is 0 Å². The van der Waals surface area contributed by atoms with Crippen LogP contribution in [-0.2, 0) is 0 Å². The van der Waals surface area contributed by atoms with Crippen LogP contribution in [-0.4, -0.2) is 36.3 Å². The lowest BCUT2D eigenvalue weighted by Crippen LogP contribution is -2.48. The van der Waals surface area contributed by atoms with Gasteiger partial charge in [-0.1, -0.05) is 6.42 Å². The van der Waals surface area contributed by atoms with Crippen LogP contribution in [0.25, 0.3) is 10.8 Å². The average molecular weight is 340 g/mol. The van der Waals surface area contributed by atoms with E-state index >= 15 is 0 Å². The molecule has 5 N–H and O–H groups in total. The number of hydrogen-bond acceptors (Lipinski definition) is 5. The molecule has 1 aliphatic heterocycles. The molecule has 1 atom stereocenters. The van der Waals surface area contributed by atoms with E-state index < -0.39 is 0 Å². The number of rotatable bonds is 4. The summed E-state index contributed by atoms with van der Waals surface area (Å²) < 4.78 is 0. The van der Waals surface area contributed by atoms with Crippen molar-refractivity contribution < 1.29 is 9.59 Å². The molecule has 6 nitrogen and oxygen atoms in total. The maximum Gasteiger partial charge on any atom is 0.253 e. The summed E-state index contributed by atoms with van der Waals surface area (Å²) in [6.45, 7) is 3.95. The van der Waals surface area contributed by atoms with E-state index in [4.69, 9.17) is 11.5 Å². The largest absolute Gasteiger partial charge is 0.399 e. The SMILES string of the molecule is CC(NC(=O)c1cc(N)cc2cc(N)cc(C=O)c12)N1CCCCC1. The van der Waals surface area contributed by atoms with Crippen molar-refractivity contribution in [2.75, 3.05) is 24.6 Å². The molecule has 6 heteroatoms. The van der Waals surface area contributed by atoms with Crippen molar-refractivity contribution >= 4 is 34.3 Å². The lowest BCUT2D eigenvalue weighted by molar-refractivity contribution is 0.0841. The van der Waals surface area contributed by atoms with Crippen molar-refractivity contribution in [2.45, 2.75) is 32.4 Å². The second kappa shape index (κ2) is 7.11. The minimum Gasteiger partial charge on any atom is -0.399 e. The number of hydrogen-bond donors (Lipinski definition) is 3. The molecule has 1 fully saturated rings. The number of nitrogens with one attached hydrogen (secondary N) is 1. The Bertz CT molecular complexity index is 807. The zero-order valence-corrected chi connectivity index (χ0v) is 14.4. The molecule has 1 aliphatic rings. The maximum atomic E-state index is 12.9. The number of nitrogens with zero attached hydrogens (tertiary/aromatic N) is 1. The van der Waals surface area contributed by atoms with Gasteiger partial charge in [0.25, 0.3) is 5.91 Å². The van der Waals surface area contributed by atoms with Crippen LogP contribution >= 0.6 is 0 Å². The van der Waals surface area contributed by atoms with Crippen molar-refractivity contribution in [3.05, 3.63) is 35.4 Å². The molecule has 0 aromatic heterocycles. The lowest BCUT2D eigenvalue weighted by Gasteiger charge is -2.32. The molecule has 132 valence electrons. The Hall–Kier alpha value is -2.60. The molecule has 0 aliphatic carbocycles. The van der Waals surface area contributed by atoms with Gasteiger partial charge in [-0.05, 0) is 49.4 Å². The highest BCUT2D eigenvalue weighted by Gasteiger charge is 2.21. The van der Waals surface area contributed by atoms with Crippen molar-refractivity contribution in [1.29, 1.82) is 0 Å². The highest BCUT2D eigenvalue weighted by Crippen LogP contribution is 2.28. The summed E-state index contributed by atoms with van der Waals surface area (Å²) in [5.74, 6) is -0.233. The first-order valence-corrected chi connectivity index (χ1v) is 8.62. The van der Waals surface area contributed by atoms with Gasteiger partial charge >= 0.3 is 0 Å². The highest BCUT2D eigenvalue weighted by molar-refractivity contribution is 6.14. The van der Waals surface area contributed by atoms with Crippen LogP contribution in [0, 0.1) is 0 Å². The van der Waals surface area contributed by atoms with Crippen molar-refractivity contribution in [3.63, 3.8) is 0 Å². The fourth-order valence-electron chi connectivity index (χ4n) is 3.53. The quantitative estimate of drug-likeness (QED) is 0.586. The van der Waals surface area contributed by atoms with E-state index in [0.717, 1.165) is 32.2 Å². The van der Waals surface area contributed by atoms with E-state index in [9.17, 15) is 9.59 Å². The topological polar surface area (TPSA) is 101 Å². The van der Waals surface area contributed by atoms with Gasteiger partial charge in [-0.15, -0.1) is 0 Å². The van der Waals surface area contributed by atoms with Gasteiger partial charge < -0.3 is 16.8 Å². The summed E-state index contributed by atoms with van der Waals surface area (Å²) in [7, 11) is 0. The summed E-state index contributed by atoms with van der Waals surface area (Å²) in [5, 5.41) is 4.31. The fourth-order valence-corrected chi connectivity index (χ4v) is 3.53. The third kappa shape index (κ3) is 3.58. The zero-order chi connectivity index (χ0) is 18.0. The van der Waals surface area contributed by atoms with Crippen LogP contribution in [0.3, 0.4) is 0 Å². The van der Waals surface area contributed by atoms with Crippen LogP contribution in [0.4, 0.5) is 11.4 Å². The summed E-state index contributed by atoms with van der Waals surface area (Å²) in [6.07, 6.45) is 4.19. The van der Waals surface area contributed by atoms with Gasteiger partial charge in [0.15, 0.2) is 6.29 Å². The molecule has 3 rings (SSSR count). The Morgan fingerprint density at radius 1 is 1.12 bits per heavy atom. The molecule has 25 heavy (non-hydrogen) atoms. The van der Waals surface area contributed by atoms with Crippen LogP contribution in [0.15, 0.2) is 24.3 Å². The standard InChI is InChI=1S/C19H24N4O2/c1-12(23-5-3-2-4-6-23)22-19(25)17-10-16(21)8-13-7-15(20)9-14(11-24)18(13)17/h7-12H,2-6,20-21H2,1H3,(H,22,25). The van der Waals surface area contributed by atoms with Crippen molar-refractivity contribution in [2.24, 2.45) is 0 Å². The van der Waals surface area contributed by atoms with Crippen molar-refractivity contribution in [1.82, 2.24) is 10.2 Å². The fraction of sp³-hybridized carbons (Fsp3) is 0.368. The molecule has 0 radical (unpaired) electrons. The molecule has 0 bridgehead atoms. The van der Waals surface area contributed by atoms with Crippen molar-refractivity contribution in [3.8, 4) is 0 Å². The Labute approximate surface area is 147 Å². The minimum atomic E-state index is -0.233. The Morgan fingerprint density at radius 2 is 1.76 bits per heavy atom. The molecule has 1 saturated heterocycles. The van der Waals surface area contributed by atoms with Gasteiger partial charge in [-0.3, -0.25) is 14.5 Å². The number of anilines is 2. The monoisotopic (exact) mass is 340 g/mol. The molecule has 1 amide bonds. The minimum absolute atomic E-state index is 0.0715. The van der Waals surface area contributed by atoms with Crippen LogP contribution in [0.1, 0.15) is 46.9 Å². The molecule has 0 spiro atoms.